The second kappa shape index (κ2) is 81.5. The maximum absolute atomic E-state index is 12.6. The van der Waals surface area contributed by atoms with Crippen molar-refractivity contribution in [2.24, 2.45) is 0 Å². The molecule has 2 atom stereocenters. The molecule has 0 bridgehead atoms. The van der Waals surface area contributed by atoms with E-state index in [1.165, 1.54) is 392 Å². The largest absolute Gasteiger partial charge is 0.466 e. The summed E-state index contributed by atoms with van der Waals surface area (Å²) in [7, 11) is 0. The zero-order chi connectivity index (χ0) is 66.3. The number of allylic oxidation sites excluding steroid dienone is 6. The van der Waals surface area contributed by atoms with Crippen LogP contribution >= 0.6 is 0 Å². The van der Waals surface area contributed by atoms with Gasteiger partial charge in [-0.15, -0.1) is 0 Å². The number of aliphatic hydroxyl groups excluding tert-OH is 2. The predicted molar refractivity (Wildman–Crippen MR) is 407 cm³/mol. The Labute approximate surface area is 576 Å². The van der Waals surface area contributed by atoms with Crippen molar-refractivity contribution in [3.05, 3.63) is 36.5 Å². The number of nitrogens with one attached hydrogen (secondary N) is 1. The van der Waals surface area contributed by atoms with Gasteiger partial charge in [-0.25, -0.2) is 0 Å². The Kier molecular flexibility index (Phi) is 79.8. The van der Waals surface area contributed by atoms with E-state index in [-0.39, 0.29) is 18.5 Å². The fourth-order valence-corrected chi connectivity index (χ4v) is 13.5. The van der Waals surface area contributed by atoms with Crippen molar-refractivity contribution >= 4 is 11.9 Å². The van der Waals surface area contributed by atoms with E-state index in [2.05, 4.69) is 55.6 Å². The van der Waals surface area contributed by atoms with Crippen LogP contribution in [0.2, 0.25) is 0 Å². The smallest absolute Gasteiger partial charge is 0.305 e. The van der Waals surface area contributed by atoms with Gasteiger partial charge in [0, 0.05) is 12.8 Å². The summed E-state index contributed by atoms with van der Waals surface area (Å²) < 4.78 is 5.51. The van der Waals surface area contributed by atoms with Gasteiger partial charge in [0.15, 0.2) is 0 Å². The highest BCUT2D eigenvalue weighted by Gasteiger charge is 2.20. The van der Waals surface area contributed by atoms with Gasteiger partial charge in [-0.1, -0.05) is 416 Å². The molecule has 92 heavy (non-hydrogen) atoms. The first kappa shape index (κ1) is 90.1. The van der Waals surface area contributed by atoms with Gasteiger partial charge >= 0.3 is 5.97 Å². The number of esters is 1. The number of amides is 1. The van der Waals surface area contributed by atoms with Crippen molar-refractivity contribution in [3.8, 4) is 0 Å². The number of aliphatic hydroxyl groups is 2. The summed E-state index contributed by atoms with van der Waals surface area (Å²) in [5.74, 6) is -0.0141. The van der Waals surface area contributed by atoms with E-state index < -0.39 is 12.1 Å². The summed E-state index contributed by atoms with van der Waals surface area (Å²) in [5, 5.41) is 23.5. The van der Waals surface area contributed by atoms with Gasteiger partial charge in [0.25, 0.3) is 0 Å². The van der Waals surface area contributed by atoms with E-state index in [0.717, 1.165) is 51.4 Å². The third-order valence-electron chi connectivity index (χ3n) is 19.9. The minimum absolute atomic E-state index is 0.0119. The molecule has 0 aliphatic heterocycles. The van der Waals surface area contributed by atoms with Crippen molar-refractivity contribution in [2.75, 3.05) is 13.2 Å². The highest BCUT2D eigenvalue weighted by atomic mass is 16.5. The van der Waals surface area contributed by atoms with Gasteiger partial charge in [-0.2, -0.15) is 0 Å². The number of rotatable bonds is 80. The van der Waals surface area contributed by atoms with E-state index in [9.17, 15) is 19.8 Å². The van der Waals surface area contributed by atoms with Gasteiger partial charge in [0.2, 0.25) is 5.91 Å². The number of ether oxygens (including phenoxy) is 1. The van der Waals surface area contributed by atoms with E-state index in [4.69, 9.17) is 4.74 Å². The molecule has 0 aromatic heterocycles. The number of hydrogen-bond donors (Lipinski definition) is 3. The highest BCUT2D eigenvalue weighted by molar-refractivity contribution is 5.76. The Hall–Kier alpha value is -1.92. The highest BCUT2D eigenvalue weighted by Crippen LogP contribution is 2.20. The molecule has 0 aromatic carbocycles. The van der Waals surface area contributed by atoms with Gasteiger partial charge in [0.05, 0.1) is 25.4 Å². The van der Waals surface area contributed by atoms with Crippen LogP contribution in [0.25, 0.3) is 0 Å². The topological polar surface area (TPSA) is 95.9 Å². The summed E-state index contributed by atoms with van der Waals surface area (Å²) in [6, 6.07) is -0.541. The molecule has 0 saturated carbocycles. The molecule has 6 nitrogen and oxygen atoms in total. The summed E-state index contributed by atoms with van der Waals surface area (Å²) in [4.78, 5) is 24.7. The van der Waals surface area contributed by atoms with E-state index in [1.54, 1.807) is 0 Å². The molecule has 2 unspecified atom stereocenters. The number of unbranched alkanes of at least 4 members (excludes halogenated alkanes) is 63. The lowest BCUT2D eigenvalue weighted by molar-refractivity contribution is -0.143. The molecule has 6 heteroatoms. The van der Waals surface area contributed by atoms with Gasteiger partial charge in [-0.05, 0) is 83.5 Å². The van der Waals surface area contributed by atoms with Crippen LogP contribution in [0, 0.1) is 0 Å². The van der Waals surface area contributed by atoms with Crippen LogP contribution in [0.1, 0.15) is 476 Å². The molecule has 0 spiro atoms. The number of carbonyl (C=O) groups is 2. The summed E-state index contributed by atoms with van der Waals surface area (Å²) in [5.41, 5.74) is 0. The average molecular weight is 1290 g/mol. The second-order valence-electron chi connectivity index (χ2n) is 29.2. The monoisotopic (exact) mass is 1290 g/mol. The predicted octanol–water partition coefficient (Wildman–Crippen LogP) is 28.2. The van der Waals surface area contributed by atoms with Gasteiger partial charge < -0.3 is 20.3 Å². The maximum Gasteiger partial charge on any atom is 0.305 e. The molecule has 1 amide bonds. The molecular formula is C86H165NO5. The lowest BCUT2D eigenvalue weighted by atomic mass is 10.0. The molecule has 0 aromatic rings. The van der Waals surface area contributed by atoms with Crippen LogP contribution in [-0.2, 0) is 14.3 Å². The van der Waals surface area contributed by atoms with Crippen LogP contribution in [0.15, 0.2) is 36.5 Å². The van der Waals surface area contributed by atoms with Crippen molar-refractivity contribution in [1.82, 2.24) is 5.32 Å². The third-order valence-corrected chi connectivity index (χ3v) is 19.9. The first-order valence-corrected chi connectivity index (χ1v) is 42.2. The summed E-state index contributed by atoms with van der Waals surface area (Å²) >= 11 is 0. The third kappa shape index (κ3) is 77.1. The molecule has 0 fully saturated rings. The summed E-state index contributed by atoms with van der Waals surface area (Å²) in [6.45, 7) is 4.98. The van der Waals surface area contributed by atoms with E-state index in [1.807, 2.05) is 0 Å². The Morgan fingerprint density at radius 1 is 0.304 bits per heavy atom. The van der Waals surface area contributed by atoms with Crippen molar-refractivity contribution < 1.29 is 24.5 Å². The molecular weight excluding hydrogens is 1130 g/mol. The Bertz CT molecular complexity index is 1490. The van der Waals surface area contributed by atoms with Gasteiger partial charge in [-0.3, -0.25) is 9.59 Å². The molecule has 0 aliphatic carbocycles. The zero-order valence-corrected chi connectivity index (χ0v) is 62.6. The average Bonchev–Trinajstić information content (AvgIpc) is 3.61. The quantitative estimate of drug-likeness (QED) is 0.0320. The molecule has 0 aliphatic rings. The Morgan fingerprint density at radius 3 is 0.859 bits per heavy atom. The lowest BCUT2D eigenvalue weighted by Gasteiger charge is -2.22. The normalized spacial score (nSPS) is 12.6. The molecule has 544 valence electrons. The summed E-state index contributed by atoms with van der Waals surface area (Å²) in [6.07, 6.45) is 107. The van der Waals surface area contributed by atoms with E-state index in [0.29, 0.717) is 25.9 Å². The van der Waals surface area contributed by atoms with E-state index >= 15 is 0 Å². The maximum atomic E-state index is 12.6. The number of carbonyl (C=O) groups excluding carboxylic acids is 2. The molecule has 0 saturated heterocycles. The van der Waals surface area contributed by atoms with Gasteiger partial charge in [0.1, 0.15) is 0 Å². The van der Waals surface area contributed by atoms with Crippen molar-refractivity contribution in [3.63, 3.8) is 0 Å². The van der Waals surface area contributed by atoms with Crippen LogP contribution in [-0.4, -0.2) is 47.4 Å². The minimum Gasteiger partial charge on any atom is -0.466 e. The van der Waals surface area contributed by atoms with Crippen LogP contribution in [0.3, 0.4) is 0 Å². The Balaban J connectivity index is 3.35. The first-order valence-electron chi connectivity index (χ1n) is 42.2. The molecule has 0 heterocycles. The SMILES string of the molecule is CCCCC/C=C\C/C=C\CCCCCCCCCC(=O)OCCCCCCCCCCCCCC/C=C\CCCCCCCCCCCCCCCCCCCC(=O)NC(CO)C(O)CCCCCCCCCCCCCCCCCCCCCCCCCCC. The fraction of sp³-hybridized carbons (Fsp3) is 0.907. The fourth-order valence-electron chi connectivity index (χ4n) is 13.5. The van der Waals surface area contributed by atoms with Crippen molar-refractivity contribution in [1.29, 1.82) is 0 Å². The van der Waals surface area contributed by atoms with Crippen LogP contribution in [0.4, 0.5) is 0 Å². The Morgan fingerprint density at radius 2 is 0.543 bits per heavy atom. The lowest BCUT2D eigenvalue weighted by Crippen LogP contribution is -2.45. The molecule has 3 N–H and O–H groups in total. The first-order chi connectivity index (χ1) is 45.5. The molecule has 0 radical (unpaired) electrons. The van der Waals surface area contributed by atoms with Crippen molar-refractivity contribution in [2.45, 2.75) is 488 Å². The zero-order valence-electron chi connectivity index (χ0n) is 62.6. The number of hydrogen-bond acceptors (Lipinski definition) is 5. The second-order valence-corrected chi connectivity index (χ2v) is 29.2. The minimum atomic E-state index is -0.664. The standard InChI is InChI=1S/C86H165NO5/c1-3-5-7-9-11-13-15-17-19-21-22-23-24-34-37-40-43-47-50-54-58-62-66-70-74-78-84(89)83(82-88)87-85(90)79-75-71-67-63-59-55-51-48-44-41-38-35-32-30-28-26-25-27-29-31-33-36-39-42-45-49-53-57-61-65-69-73-77-81-92-86(91)80-76-72-68-64-60-56-52-46-20-18-16-14-12-10-8-6-4-2/h12,14,18,20,29,31,83-84,88-89H,3-11,13,15-17,19,21-28,30,32-82H2,1-2H3,(H,87,90)/b14-12-,20-18-,31-29-. The molecule has 0 rings (SSSR count). The van der Waals surface area contributed by atoms with Crippen LogP contribution in [0.5, 0.6) is 0 Å². The van der Waals surface area contributed by atoms with Crippen LogP contribution < -0.4 is 5.32 Å².